The zero-order valence-corrected chi connectivity index (χ0v) is 11.9. The Morgan fingerprint density at radius 2 is 1.77 bits per heavy atom. The Morgan fingerprint density at radius 1 is 1.00 bits per heavy atom. The molecule has 0 aliphatic rings. The Labute approximate surface area is 127 Å². The van der Waals surface area contributed by atoms with E-state index in [9.17, 15) is 4.79 Å². The van der Waals surface area contributed by atoms with E-state index in [1.54, 1.807) is 4.68 Å². The van der Waals surface area contributed by atoms with Crippen molar-refractivity contribution in [2.75, 3.05) is 0 Å². The third-order valence-electron chi connectivity index (χ3n) is 3.25. The molecule has 0 fully saturated rings. The van der Waals surface area contributed by atoms with Gasteiger partial charge in [-0.2, -0.15) is 0 Å². The number of hydrogen-bond donors (Lipinski definition) is 1. The van der Waals surface area contributed by atoms with Crippen molar-refractivity contribution >= 4 is 5.91 Å². The third kappa shape index (κ3) is 3.54. The van der Waals surface area contributed by atoms with Crippen LogP contribution in [-0.4, -0.2) is 26.1 Å². The Bertz CT molecular complexity index is 723. The molecule has 110 valence electrons. The third-order valence-corrected chi connectivity index (χ3v) is 3.25. The first-order valence-corrected chi connectivity index (χ1v) is 6.94. The van der Waals surface area contributed by atoms with Gasteiger partial charge in [-0.1, -0.05) is 42.5 Å². The standard InChI is InChI=1S/C16H15N5O/c22-16(17-11-14-4-2-1-3-5-14)10-13-6-8-15(9-7-13)21-12-18-19-20-21/h1-9,12H,10-11H2,(H,17,22). The molecule has 3 rings (SSSR count). The molecule has 22 heavy (non-hydrogen) atoms. The molecule has 0 aliphatic heterocycles. The lowest BCUT2D eigenvalue weighted by Crippen LogP contribution is -2.24. The number of tetrazole rings is 1. The number of nitrogens with zero attached hydrogens (tertiary/aromatic N) is 4. The molecule has 6 heteroatoms. The largest absolute Gasteiger partial charge is 0.352 e. The predicted octanol–water partition coefficient (Wildman–Crippen LogP) is 1.52. The highest BCUT2D eigenvalue weighted by molar-refractivity contribution is 5.78. The van der Waals surface area contributed by atoms with Gasteiger partial charge < -0.3 is 5.32 Å². The number of carbonyl (C=O) groups is 1. The van der Waals surface area contributed by atoms with Crippen LogP contribution in [-0.2, 0) is 17.8 Å². The van der Waals surface area contributed by atoms with Gasteiger partial charge >= 0.3 is 0 Å². The molecule has 0 spiro atoms. The molecule has 2 aromatic carbocycles. The van der Waals surface area contributed by atoms with Crippen molar-refractivity contribution in [3.8, 4) is 5.69 Å². The molecule has 1 N–H and O–H groups in total. The number of hydrogen-bond acceptors (Lipinski definition) is 4. The van der Waals surface area contributed by atoms with E-state index in [2.05, 4.69) is 20.8 Å². The molecular weight excluding hydrogens is 278 g/mol. The fourth-order valence-corrected chi connectivity index (χ4v) is 2.09. The van der Waals surface area contributed by atoms with Crippen LogP contribution in [0.15, 0.2) is 60.9 Å². The SMILES string of the molecule is O=C(Cc1ccc(-n2cnnn2)cc1)NCc1ccccc1. The summed E-state index contributed by atoms with van der Waals surface area (Å²) in [5.41, 5.74) is 2.89. The molecule has 0 bridgehead atoms. The summed E-state index contributed by atoms with van der Waals surface area (Å²) >= 11 is 0. The van der Waals surface area contributed by atoms with Crippen LogP contribution < -0.4 is 5.32 Å². The Hall–Kier alpha value is -3.02. The fourth-order valence-electron chi connectivity index (χ4n) is 2.09. The predicted molar refractivity (Wildman–Crippen MR) is 81.1 cm³/mol. The first-order valence-electron chi connectivity index (χ1n) is 6.94. The first kappa shape index (κ1) is 13.9. The zero-order chi connectivity index (χ0) is 15.2. The van der Waals surface area contributed by atoms with E-state index in [1.165, 1.54) is 6.33 Å². The molecule has 0 saturated carbocycles. The van der Waals surface area contributed by atoms with Crippen LogP contribution in [0.5, 0.6) is 0 Å². The van der Waals surface area contributed by atoms with Crippen LogP contribution in [0, 0.1) is 0 Å². The van der Waals surface area contributed by atoms with E-state index in [4.69, 9.17) is 0 Å². The van der Waals surface area contributed by atoms with Gasteiger partial charge in [0.1, 0.15) is 6.33 Å². The first-order chi connectivity index (χ1) is 10.8. The summed E-state index contributed by atoms with van der Waals surface area (Å²) < 4.78 is 1.57. The van der Waals surface area contributed by atoms with Crippen molar-refractivity contribution < 1.29 is 4.79 Å². The van der Waals surface area contributed by atoms with Crippen LogP contribution >= 0.6 is 0 Å². The Balaban J connectivity index is 1.55. The second kappa shape index (κ2) is 6.62. The Kier molecular flexibility index (Phi) is 4.20. The van der Waals surface area contributed by atoms with Gasteiger partial charge in [-0.3, -0.25) is 4.79 Å². The van der Waals surface area contributed by atoms with Crippen LogP contribution in [0.1, 0.15) is 11.1 Å². The molecule has 1 amide bonds. The molecule has 1 aromatic heterocycles. The molecule has 0 saturated heterocycles. The molecule has 0 radical (unpaired) electrons. The quantitative estimate of drug-likeness (QED) is 0.774. The summed E-state index contributed by atoms with van der Waals surface area (Å²) in [6.45, 7) is 0.544. The smallest absolute Gasteiger partial charge is 0.224 e. The summed E-state index contributed by atoms with van der Waals surface area (Å²) in [6, 6.07) is 17.4. The number of carbonyl (C=O) groups excluding carboxylic acids is 1. The summed E-state index contributed by atoms with van der Waals surface area (Å²) in [5, 5.41) is 13.9. The highest BCUT2D eigenvalue weighted by Crippen LogP contribution is 2.08. The fraction of sp³-hybridized carbons (Fsp3) is 0.125. The molecular formula is C16H15N5O. The minimum Gasteiger partial charge on any atom is -0.352 e. The van der Waals surface area contributed by atoms with Crippen LogP contribution in [0.3, 0.4) is 0 Å². The monoisotopic (exact) mass is 293 g/mol. The maximum absolute atomic E-state index is 12.0. The number of amides is 1. The van der Waals surface area contributed by atoms with Gasteiger partial charge in [0.15, 0.2) is 0 Å². The number of benzene rings is 2. The Morgan fingerprint density at radius 3 is 2.45 bits per heavy atom. The van der Waals surface area contributed by atoms with Crippen molar-refractivity contribution in [3.05, 3.63) is 72.1 Å². The van der Waals surface area contributed by atoms with Gasteiger partial charge in [0.2, 0.25) is 5.91 Å². The van der Waals surface area contributed by atoms with Gasteiger partial charge in [0, 0.05) is 6.54 Å². The lowest BCUT2D eigenvalue weighted by molar-refractivity contribution is -0.120. The minimum absolute atomic E-state index is 0.000902. The molecule has 1 heterocycles. The number of aromatic nitrogens is 4. The van der Waals surface area contributed by atoms with Crippen molar-refractivity contribution in [3.63, 3.8) is 0 Å². The lowest BCUT2D eigenvalue weighted by atomic mass is 10.1. The van der Waals surface area contributed by atoms with Gasteiger partial charge in [-0.15, -0.1) is 5.10 Å². The maximum atomic E-state index is 12.0. The van der Waals surface area contributed by atoms with Gasteiger partial charge in [-0.25, -0.2) is 4.68 Å². The highest BCUT2D eigenvalue weighted by Gasteiger charge is 2.04. The van der Waals surface area contributed by atoms with E-state index >= 15 is 0 Å². The average molecular weight is 293 g/mol. The summed E-state index contributed by atoms with van der Waals surface area (Å²) in [5.74, 6) is -0.000902. The van der Waals surface area contributed by atoms with Gasteiger partial charge in [0.25, 0.3) is 0 Å². The molecule has 0 unspecified atom stereocenters. The van der Waals surface area contributed by atoms with Gasteiger partial charge in [0.05, 0.1) is 12.1 Å². The second-order valence-corrected chi connectivity index (χ2v) is 4.86. The van der Waals surface area contributed by atoms with E-state index in [0.29, 0.717) is 13.0 Å². The lowest BCUT2D eigenvalue weighted by Gasteiger charge is -2.06. The van der Waals surface area contributed by atoms with E-state index < -0.39 is 0 Å². The van der Waals surface area contributed by atoms with Crippen molar-refractivity contribution in [2.45, 2.75) is 13.0 Å². The summed E-state index contributed by atoms with van der Waals surface area (Å²) in [4.78, 5) is 12.0. The minimum atomic E-state index is -0.000902. The molecule has 0 aliphatic carbocycles. The van der Waals surface area contributed by atoms with E-state index in [1.807, 2.05) is 54.6 Å². The molecule has 6 nitrogen and oxygen atoms in total. The topological polar surface area (TPSA) is 72.7 Å². The normalized spacial score (nSPS) is 10.4. The highest BCUT2D eigenvalue weighted by atomic mass is 16.1. The zero-order valence-electron chi connectivity index (χ0n) is 11.9. The average Bonchev–Trinajstić information content (AvgIpc) is 3.09. The number of nitrogens with one attached hydrogen (secondary N) is 1. The van der Waals surface area contributed by atoms with Crippen LogP contribution in [0.25, 0.3) is 5.69 Å². The summed E-state index contributed by atoms with van der Waals surface area (Å²) in [6.07, 6.45) is 1.88. The molecule has 0 atom stereocenters. The van der Waals surface area contributed by atoms with Crippen molar-refractivity contribution in [1.82, 2.24) is 25.5 Å². The number of rotatable bonds is 5. The molecule has 3 aromatic rings. The van der Waals surface area contributed by atoms with Crippen LogP contribution in [0.2, 0.25) is 0 Å². The van der Waals surface area contributed by atoms with Crippen LogP contribution in [0.4, 0.5) is 0 Å². The second-order valence-electron chi connectivity index (χ2n) is 4.86. The van der Waals surface area contributed by atoms with E-state index in [0.717, 1.165) is 16.8 Å². The van der Waals surface area contributed by atoms with E-state index in [-0.39, 0.29) is 5.91 Å². The van der Waals surface area contributed by atoms with Crippen molar-refractivity contribution in [2.24, 2.45) is 0 Å². The van der Waals surface area contributed by atoms with Gasteiger partial charge in [-0.05, 0) is 33.7 Å². The van der Waals surface area contributed by atoms with Crippen molar-refractivity contribution in [1.29, 1.82) is 0 Å². The summed E-state index contributed by atoms with van der Waals surface area (Å²) in [7, 11) is 0. The maximum Gasteiger partial charge on any atom is 0.224 e.